The van der Waals surface area contributed by atoms with E-state index in [-0.39, 0.29) is 17.5 Å². The number of carbonyl (C=O) groups is 2. The summed E-state index contributed by atoms with van der Waals surface area (Å²) in [6, 6.07) is 8.48. The lowest BCUT2D eigenvalue weighted by atomic mass is 10.1. The van der Waals surface area contributed by atoms with Gasteiger partial charge in [-0.2, -0.15) is 0 Å². The van der Waals surface area contributed by atoms with Crippen LogP contribution in [0.1, 0.15) is 29.4 Å². The molecule has 1 aliphatic heterocycles. The minimum absolute atomic E-state index is 0.0515. The third kappa shape index (κ3) is 4.10. The van der Waals surface area contributed by atoms with Crippen LogP contribution in [0.4, 0.5) is 0 Å². The van der Waals surface area contributed by atoms with Gasteiger partial charge in [-0.3, -0.25) is 9.78 Å². The number of ether oxygens (including phenoxy) is 1. The molecule has 3 rings (SSSR count). The van der Waals surface area contributed by atoms with Crippen LogP contribution >= 0.6 is 0 Å². The first-order valence-electron chi connectivity index (χ1n) is 8.72. The molecule has 7 nitrogen and oxygen atoms in total. The van der Waals surface area contributed by atoms with Gasteiger partial charge in [-0.25, -0.2) is 13.2 Å². The van der Waals surface area contributed by atoms with Crippen molar-refractivity contribution in [1.82, 2.24) is 9.88 Å². The largest absolute Gasteiger partial charge is 0.449 e. The smallest absolute Gasteiger partial charge is 0.339 e. The zero-order chi connectivity index (χ0) is 19.8. The van der Waals surface area contributed by atoms with Crippen molar-refractivity contribution in [2.45, 2.75) is 32.4 Å². The van der Waals surface area contributed by atoms with Crippen molar-refractivity contribution in [3.63, 3.8) is 0 Å². The van der Waals surface area contributed by atoms with E-state index in [9.17, 15) is 18.0 Å². The summed E-state index contributed by atoms with van der Waals surface area (Å²) in [5.74, 6) is -0.999. The molecular formula is C19H22N2O5S. The Morgan fingerprint density at radius 1 is 1.30 bits per heavy atom. The van der Waals surface area contributed by atoms with Crippen LogP contribution in [0.15, 0.2) is 30.3 Å². The lowest BCUT2D eigenvalue weighted by Crippen LogP contribution is -2.44. The summed E-state index contributed by atoms with van der Waals surface area (Å²) < 4.78 is 28.6. The van der Waals surface area contributed by atoms with E-state index in [2.05, 4.69) is 4.98 Å². The first-order chi connectivity index (χ1) is 12.7. The Hall–Kier alpha value is -2.48. The molecule has 0 bridgehead atoms. The van der Waals surface area contributed by atoms with Crippen LogP contribution in [-0.4, -0.2) is 60.9 Å². The van der Waals surface area contributed by atoms with Gasteiger partial charge in [0.15, 0.2) is 15.9 Å². The van der Waals surface area contributed by atoms with Gasteiger partial charge in [-0.05, 0) is 32.4 Å². The van der Waals surface area contributed by atoms with Gasteiger partial charge < -0.3 is 9.64 Å². The van der Waals surface area contributed by atoms with Gasteiger partial charge in [0, 0.05) is 24.2 Å². The summed E-state index contributed by atoms with van der Waals surface area (Å²) in [5.41, 5.74) is 1.70. The predicted molar refractivity (Wildman–Crippen MR) is 101 cm³/mol. The molecule has 1 amide bonds. The first-order valence-corrected chi connectivity index (χ1v) is 10.5. The molecule has 2 atom stereocenters. The van der Waals surface area contributed by atoms with Gasteiger partial charge >= 0.3 is 5.97 Å². The SMILES string of the molecule is Cc1cc(C(=O)O[C@@H](C)C(=O)N(C)[C@@H]2CCS(=O)(=O)C2)c2ccccc2n1. The molecule has 0 spiro atoms. The van der Waals surface area contributed by atoms with Crippen LogP contribution in [0, 0.1) is 6.92 Å². The van der Waals surface area contributed by atoms with E-state index in [1.807, 2.05) is 12.1 Å². The van der Waals surface area contributed by atoms with Crippen LogP contribution in [0.25, 0.3) is 10.9 Å². The summed E-state index contributed by atoms with van der Waals surface area (Å²) in [5, 5.41) is 0.656. The summed E-state index contributed by atoms with van der Waals surface area (Å²) in [7, 11) is -1.56. The monoisotopic (exact) mass is 390 g/mol. The number of sulfone groups is 1. The number of fused-ring (bicyclic) bond motifs is 1. The van der Waals surface area contributed by atoms with Crippen molar-refractivity contribution in [3.8, 4) is 0 Å². The molecule has 0 N–H and O–H groups in total. The van der Waals surface area contributed by atoms with E-state index in [0.29, 0.717) is 28.6 Å². The second-order valence-corrected chi connectivity index (χ2v) is 9.11. The fourth-order valence-corrected chi connectivity index (χ4v) is 5.07. The third-order valence-electron chi connectivity index (χ3n) is 4.80. The molecule has 1 aliphatic rings. The molecule has 1 aromatic heterocycles. The van der Waals surface area contributed by atoms with Gasteiger partial charge in [-0.15, -0.1) is 0 Å². The number of benzene rings is 1. The fraction of sp³-hybridized carbons (Fsp3) is 0.421. The van der Waals surface area contributed by atoms with Crippen LogP contribution < -0.4 is 0 Å². The number of carbonyl (C=O) groups excluding carboxylic acids is 2. The second kappa shape index (κ2) is 7.26. The quantitative estimate of drug-likeness (QED) is 0.738. The van der Waals surface area contributed by atoms with Gasteiger partial charge in [0.25, 0.3) is 5.91 Å². The molecule has 0 radical (unpaired) electrons. The standard InChI is InChI=1S/C19H22N2O5S/c1-12-10-16(15-6-4-5-7-17(15)20-12)19(23)26-13(2)18(22)21(3)14-8-9-27(24,25)11-14/h4-7,10,13-14H,8-9,11H2,1-3H3/t13-,14+/m0/s1. The third-order valence-corrected chi connectivity index (χ3v) is 6.55. The minimum atomic E-state index is -3.10. The van der Waals surface area contributed by atoms with E-state index in [1.165, 1.54) is 11.8 Å². The van der Waals surface area contributed by atoms with Crippen molar-refractivity contribution >= 4 is 32.6 Å². The van der Waals surface area contributed by atoms with Gasteiger partial charge in [-0.1, -0.05) is 18.2 Å². The number of para-hydroxylation sites is 1. The minimum Gasteiger partial charge on any atom is -0.449 e. The Balaban J connectivity index is 1.75. The lowest BCUT2D eigenvalue weighted by molar-refractivity contribution is -0.140. The average Bonchev–Trinajstić information content (AvgIpc) is 2.99. The number of nitrogens with zero attached hydrogens (tertiary/aromatic N) is 2. The Labute approximate surface area is 158 Å². The molecule has 2 aromatic rings. The Morgan fingerprint density at radius 3 is 2.67 bits per heavy atom. The summed E-state index contributed by atoms with van der Waals surface area (Å²) >= 11 is 0. The van der Waals surface area contributed by atoms with Gasteiger partial charge in [0.2, 0.25) is 0 Å². The highest BCUT2D eigenvalue weighted by atomic mass is 32.2. The number of rotatable bonds is 4. The molecule has 0 unspecified atom stereocenters. The predicted octanol–water partition coefficient (Wildman–Crippen LogP) is 1.73. The molecule has 1 aromatic carbocycles. The molecule has 0 saturated carbocycles. The number of esters is 1. The zero-order valence-electron chi connectivity index (χ0n) is 15.5. The molecule has 144 valence electrons. The summed E-state index contributed by atoms with van der Waals surface area (Å²) in [6.45, 7) is 3.28. The van der Waals surface area contributed by atoms with E-state index >= 15 is 0 Å². The van der Waals surface area contributed by atoms with Crippen LogP contribution in [0.5, 0.6) is 0 Å². The molecule has 27 heavy (non-hydrogen) atoms. The molecule has 1 saturated heterocycles. The van der Waals surface area contributed by atoms with Crippen LogP contribution in [-0.2, 0) is 19.4 Å². The normalized spacial score (nSPS) is 19.6. The first kappa shape index (κ1) is 19.3. The van der Waals surface area contributed by atoms with E-state index < -0.39 is 27.8 Å². The van der Waals surface area contributed by atoms with Gasteiger partial charge in [0.05, 0.1) is 22.6 Å². The van der Waals surface area contributed by atoms with E-state index in [1.54, 1.807) is 32.2 Å². The Morgan fingerprint density at radius 2 is 2.00 bits per heavy atom. The Kier molecular flexibility index (Phi) is 5.19. The summed E-state index contributed by atoms with van der Waals surface area (Å²) in [4.78, 5) is 31.0. The van der Waals surface area contributed by atoms with E-state index in [0.717, 1.165) is 0 Å². The van der Waals surface area contributed by atoms with Crippen molar-refractivity contribution in [2.24, 2.45) is 0 Å². The van der Waals surface area contributed by atoms with Crippen molar-refractivity contribution in [1.29, 1.82) is 0 Å². The number of aromatic nitrogens is 1. The summed E-state index contributed by atoms with van der Waals surface area (Å²) in [6.07, 6.45) is -0.613. The topological polar surface area (TPSA) is 93.6 Å². The highest BCUT2D eigenvalue weighted by Crippen LogP contribution is 2.21. The maximum atomic E-state index is 12.7. The number of hydrogen-bond acceptors (Lipinski definition) is 6. The van der Waals surface area contributed by atoms with Crippen LogP contribution in [0.3, 0.4) is 0 Å². The van der Waals surface area contributed by atoms with E-state index in [4.69, 9.17) is 4.74 Å². The number of pyridine rings is 1. The number of aryl methyl sites for hydroxylation is 1. The lowest BCUT2D eigenvalue weighted by Gasteiger charge is -2.26. The van der Waals surface area contributed by atoms with Crippen molar-refractivity contribution in [3.05, 3.63) is 41.6 Å². The number of amides is 1. The molecule has 2 heterocycles. The maximum Gasteiger partial charge on any atom is 0.339 e. The fourth-order valence-electron chi connectivity index (χ4n) is 3.30. The van der Waals surface area contributed by atoms with Crippen LogP contribution in [0.2, 0.25) is 0 Å². The van der Waals surface area contributed by atoms with Gasteiger partial charge in [0.1, 0.15) is 0 Å². The van der Waals surface area contributed by atoms with Crippen molar-refractivity contribution < 1.29 is 22.7 Å². The highest BCUT2D eigenvalue weighted by molar-refractivity contribution is 7.91. The molecule has 8 heteroatoms. The molecule has 1 fully saturated rings. The molecule has 0 aliphatic carbocycles. The number of hydrogen-bond donors (Lipinski definition) is 0. The van der Waals surface area contributed by atoms with Crippen molar-refractivity contribution in [2.75, 3.05) is 18.6 Å². The average molecular weight is 390 g/mol. The molecular weight excluding hydrogens is 368 g/mol. The zero-order valence-corrected chi connectivity index (χ0v) is 16.3. The number of likely N-dealkylation sites (N-methyl/N-ethyl adjacent to an activating group) is 1. The second-order valence-electron chi connectivity index (χ2n) is 6.88. The highest BCUT2D eigenvalue weighted by Gasteiger charge is 2.35. The maximum absolute atomic E-state index is 12.7. The Bertz CT molecular complexity index is 1000.